The standard InChI is InChI=1S/C13H31N3/c1-4-5-6-7-8-9-16(10-12(2)14)11-13(3)15/h12-13H,4-11,14-15H2,1-3H3. The number of hydrogen-bond acceptors (Lipinski definition) is 3. The molecule has 0 heterocycles. The summed E-state index contributed by atoms with van der Waals surface area (Å²) in [5, 5.41) is 0. The third kappa shape index (κ3) is 10.4. The molecule has 0 aliphatic carbocycles. The van der Waals surface area contributed by atoms with E-state index in [1.54, 1.807) is 0 Å². The minimum atomic E-state index is 0.245. The van der Waals surface area contributed by atoms with Crippen molar-refractivity contribution in [3.63, 3.8) is 0 Å². The van der Waals surface area contributed by atoms with E-state index in [0.717, 1.165) is 19.6 Å². The van der Waals surface area contributed by atoms with Gasteiger partial charge in [-0.25, -0.2) is 0 Å². The molecule has 0 aromatic carbocycles. The van der Waals surface area contributed by atoms with Crippen LogP contribution in [0.15, 0.2) is 0 Å². The lowest BCUT2D eigenvalue weighted by Crippen LogP contribution is -2.42. The van der Waals surface area contributed by atoms with Crippen LogP contribution < -0.4 is 11.5 Å². The molecule has 2 atom stereocenters. The molecule has 0 aromatic rings. The van der Waals surface area contributed by atoms with Gasteiger partial charge in [-0.1, -0.05) is 32.6 Å². The summed E-state index contributed by atoms with van der Waals surface area (Å²) in [5.41, 5.74) is 11.7. The molecule has 0 bridgehead atoms. The average molecular weight is 229 g/mol. The Labute approximate surface area is 102 Å². The van der Waals surface area contributed by atoms with Crippen LogP contribution in [0, 0.1) is 0 Å². The molecule has 0 rings (SSSR count). The van der Waals surface area contributed by atoms with Gasteiger partial charge in [-0.15, -0.1) is 0 Å². The van der Waals surface area contributed by atoms with Crippen molar-refractivity contribution in [2.24, 2.45) is 11.5 Å². The Balaban J connectivity index is 3.65. The molecule has 4 N–H and O–H groups in total. The summed E-state index contributed by atoms with van der Waals surface area (Å²) < 4.78 is 0. The van der Waals surface area contributed by atoms with Gasteiger partial charge in [0.1, 0.15) is 0 Å². The van der Waals surface area contributed by atoms with Gasteiger partial charge in [0.15, 0.2) is 0 Å². The largest absolute Gasteiger partial charge is 0.327 e. The van der Waals surface area contributed by atoms with Crippen LogP contribution in [0.5, 0.6) is 0 Å². The van der Waals surface area contributed by atoms with Crippen molar-refractivity contribution >= 4 is 0 Å². The second kappa shape index (κ2) is 10.1. The van der Waals surface area contributed by atoms with E-state index in [4.69, 9.17) is 11.5 Å². The van der Waals surface area contributed by atoms with E-state index in [1.165, 1.54) is 32.1 Å². The lowest BCUT2D eigenvalue weighted by Gasteiger charge is -2.25. The highest BCUT2D eigenvalue weighted by Crippen LogP contribution is 2.04. The zero-order valence-electron chi connectivity index (χ0n) is 11.4. The first kappa shape index (κ1) is 15.9. The maximum absolute atomic E-state index is 5.84. The third-order valence-electron chi connectivity index (χ3n) is 2.67. The fraction of sp³-hybridized carbons (Fsp3) is 1.00. The lowest BCUT2D eigenvalue weighted by molar-refractivity contribution is 0.244. The van der Waals surface area contributed by atoms with Gasteiger partial charge in [0.2, 0.25) is 0 Å². The molecule has 0 spiro atoms. The Morgan fingerprint density at radius 3 is 1.81 bits per heavy atom. The highest BCUT2D eigenvalue weighted by molar-refractivity contribution is 4.68. The zero-order valence-corrected chi connectivity index (χ0v) is 11.4. The van der Waals surface area contributed by atoms with Crippen molar-refractivity contribution in [2.75, 3.05) is 19.6 Å². The van der Waals surface area contributed by atoms with Crippen LogP contribution in [-0.2, 0) is 0 Å². The van der Waals surface area contributed by atoms with Gasteiger partial charge in [-0.3, -0.25) is 0 Å². The van der Waals surface area contributed by atoms with Crippen molar-refractivity contribution in [3.05, 3.63) is 0 Å². The molecule has 0 saturated heterocycles. The Morgan fingerprint density at radius 2 is 1.38 bits per heavy atom. The molecule has 0 aromatic heterocycles. The van der Waals surface area contributed by atoms with Crippen LogP contribution in [0.25, 0.3) is 0 Å². The fourth-order valence-corrected chi connectivity index (χ4v) is 2.01. The van der Waals surface area contributed by atoms with Gasteiger partial charge in [0, 0.05) is 25.2 Å². The number of hydrogen-bond donors (Lipinski definition) is 2. The molecular formula is C13H31N3. The first-order valence-corrected chi connectivity index (χ1v) is 6.79. The van der Waals surface area contributed by atoms with Gasteiger partial charge >= 0.3 is 0 Å². The summed E-state index contributed by atoms with van der Waals surface area (Å²) in [6, 6.07) is 0.490. The maximum atomic E-state index is 5.84. The highest BCUT2D eigenvalue weighted by Gasteiger charge is 2.08. The van der Waals surface area contributed by atoms with Crippen LogP contribution >= 0.6 is 0 Å². The molecule has 0 saturated carbocycles. The maximum Gasteiger partial charge on any atom is 0.0139 e. The van der Waals surface area contributed by atoms with Crippen LogP contribution in [0.4, 0.5) is 0 Å². The van der Waals surface area contributed by atoms with Gasteiger partial charge in [0.25, 0.3) is 0 Å². The second-order valence-electron chi connectivity index (χ2n) is 5.13. The first-order valence-electron chi connectivity index (χ1n) is 6.79. The number of unbranched alkanes of at least 4 members (excludes halogenated alkanes) is 4. The Bertz CT molecular complexity index is 136. The monoisotopic (exact) mass is 229 g/mol. The topological polar surface area (TPSA) is 55.3 Å². The molecule has 0 radical (unpaired) electrons. The number of rotatable bonds is 10. The smallest absolute Gasteiger partial charge is 0.0139 e. The zero-order chi connectivity index (χ0) is 12.4. The van der Waals surface area contributed by atoms with Gasteiger partial charge in [0.05, 0.1) is 0 Å². The average Bonchev–Trinajstić information content (AvgIpc) is 2.15. The van der Waals surface area contributed by atoms with E-state index in [9.17, 15) is 0 Å². The van der Waals surface area contributed by atoms with Crippen molar-refractivity contribution < 1.29 is 0 Å². The van der Waals surface area contributed by atoms with E-state index in [0.29, 0.717) is 0 Å². The molecule has 0 aliphatic rings. The summed E-state index contributed by atoms with van der Waals surface area (Å²) >= 11 is 0. The molecule has 0 aliphatic heterocycles. The van der Waals surface area contributed by atoms with E-state index >= 15 is 0 Å². The van der Waals surface area contributed by atoms with Gasteiger partial charge in [-0.05, 0) is 26.8 Å². The molecule has 3 heteroatoms. The Kier molecular flexibility index (Phi) is 9.99. The highest BCUT2D eigenvalue weighted by atomic mass is 15.1. The summed E-state index contributed by atoms with van der Waals surface area (Å²) in [4.78, 5) is 2.40. The molecular weight excluding hydrogens is 198 g/mol. The van der Waals surface area contributed by atoms with Crippen LogP contribution in [0.3, 0.4) is 0 Å². The normalized spacial score (nSPS) is 15.4. The molecule has 2 unspecified atom stereocenters. The van der Waals surface area contributed by atoms with Crippen LogP contribution in [0.2, 0.25) is 0 Å². The Hall–Kier alpha value is -0.120. The van der Waals surface area contributed by atoms with E-state index < -0.39 is 0 Å². The summed E-state index contributed by atoms with van der Waals surface area (Å²) in [6.07, 6.45) is 6.65. The van der Waals surface area contributed by atoms with E-state index in [-0.39, 0.29) is 12.1 Å². The molecule has 16 heavy (non-hydrogen) atoms. The SMILES string of the molecule is CCCCCCCN(CC(C)N)CC(C)N. The van der Waals surface area contributed by atoms with Crippen LogP contribution in [-0.4, -0.2) is 36.6 Å². The van der Waals surface area contributed by atoms with E-state index in [2.05, 4.69) is 25.7 Å². The predicted molar refractivity (Wildman–Crippen MR) is 72.5 cm³/mol. The molecule has 3 nitrogen and oxygen atoms in total. The number of nitrogens with zero attached hydrogens (tertiary/aromatic N) is 1. The van der Waals surface area contributed by atoms with Crippen molar-refractivity contribution in [1.82, 2.24) is 4.90 Å². The summed E-state index contributed by atoms with van der Waals surface area (Å²) in [6.45, 7) is 9.45. The second-order valence-corrected chi connectivity index (χ2v) is 5.13. The minimum Gasteiger partial charge on any atom is -0.327 e. The van der Waals surface area contributed by atoms with Crippen LogP contribution in [0.1, 0.15) is 52.9 Å². The van der Waals surface area contributed by atoms with Crippen molar-refractivity contribution in [2.45, 2.75) is 65.0 Å². The van der Waals surface area contributed by atoms with E-state index in [1.807, 2.05) is 0 Å². The summed E-state index contributed by atoms with van der Waals surface area (Å²) in [7, 11) is 0. The molecule has 0 fully saturated rings. The summed E-state index contributed by atoms with van der Waals surface area (Å²) in [5.74, 6) is 0. The molecule has 0 amide bonds. The van der Waals surface area contributed by atoms with Gasteiger partial charge in [-0.2, -0.15) is 0 Å². The lowest BCUT2D eigenvalue weighted by atomic mass is 10.1. The van der Waals surface area contributed by atoms with Crippen molar-refractivity contribution in [1.29, 1.82) is 0 Å². The Morgan fingerprint density at radius 1 is 0.875 bits per heavy atom. The first-order chi connectivity index (χ1) is 7.56. The quantitative estimate of drug-likeness (QED) is 0.563. The van der Waals surface area contributed by atoms with Crippen molar-refractivity contribution in [3.8, 4) is 0 Å². The fourth-order valence-electron chi connectivity index (χ4n) is 2.01. The molecule has 98 valence electrons. The number of nitrogens with two attached hydrogens (primary N) is 2. The predicted octanol–water partition coefficient (Wildman–Crippen LogP) is 1.95. The van der Waals surface area contributed by atoms with Gasteiger partial charge < -0.3 is 16.4 Å². The minimum absolute atomic E-state index is 0.245. The third-order valence-corrected chi connectivity index (χ3v) is 2.67.